The molecule has 0 amide bonds. The normalized spacial score (nSPS) is 20.4. The van der Waals surface area contributed by atoms with Crippen LogP contribution in [0.25, 0.3) is 10.8 Å². The Balaban J connectivity index is 1.40. The Kier molecular flexibility index (Phi) is 5.01. The number of benzene rings is 3. The van der Waals surface area contributed by atoms with E-state index >= 15 is 0 Å². The maximum atomic E-state index is 13.0. The van der Waals surface area contributed by atoms with Crippen LogP contribution in [0.3, 0.4) is 0 Å². The van der Waals surface area contributed by atoms with Crippen LogP contribution in [0, 0.1) is 0 Å². The Hall–Kier alpha value is -2.41. The molecule has 0 radical (unpaired) electrons. The van der Waals surface area contributed by atoms with E-state index < -0.39 is 10.0 Å². The third kappa shape index (κ3) is 3.71. The van der Waals surface area contributed by atoms with Gasteiger partial charge in [-0.1, -0.05) is 36.4 Å². The van der Waals surface area contributed by atoms with Gasteiger partial charge in [0.15, 0.2) is 0 Å². The third-order valence-electron chi connectivity index (χ3n) is 6.45. The van der Waals surface area contributed by atoms with Crippen LogP contribution in [0.2, 0.25) is 0 Å². The van der Waals surface area contributed by atoms with Crippen molar-refractivity contribution < 1.29 is 8.42 Å². The molecule has 0 saturated carbocycles. The smallest absolute Gasteiger partial charge is 0.261 e. The summed E-state index contributed by atoms with van der Waals surface area (Å²) in [7, 11) is -1.48. The first-order chi connectivity index (χ1) is 14.5. The number of aryl methyl sites for hydroxylation is 1. The lowest BCUT2D eigenvalue weighted by Crippen LogP contribution is -2.45. The molecule has 156 valence electrons. The van der Waals surface area contributed by atoms with Crippen molar-refractivity contribution in [2.24, 2.45) is 0 Å². The second-order valence-electron chi connectivity index (χ2n) is 8.42. The molecular weight excluding hydrogens is 394 g/mol. The minimum atomic E-state index is -3.64. The summed E-state index contributed by atoms with van der Waals surface area (Å²) in [5, 5.41) is 1.95. The Morgan fingerprint density at radius 3 is 2.47 bits per heavy atom. The highest BCUT2D eigenvalue weighted by atomic mass is 32.2. The predicted molar refractivity (Wildman–Crippen MR) is 121 cm³/mol. The summed E-state index contributed by atoms with van der Waals surface area (Å²) in [5.74, 6) is 0. The van der Waals surface area contributed by atoms with Crippen molar-refractivity contribution in [1.29, 1.82) is 0 Å². The summed E-state index contributed by atoms with van der Waals surface area (Å²) < 4.78 is 28.9. The molecule has 5 rings (SSSR count). The first-order valence-electron chi connectivity index (χ1n) is 10.6. The summed E-state index contributed by atoms with van der Waals surface area (Å²) in [6, 6.07) is 19.5. The summed E-state index contributed by atoms with van der Waals surface area (Å²) in [6.07, 6.45) is 2.17. The standard InChI is InChI=1S/C24H27N3O2S/c1-26-12-14-27(15-13-26)24-11-8-19-6-9-21(17-23(19)24)25-30(28,29)22-10-7-18-4-2-3-5-20(18)16-22/h2-7,9-10,16-17,24-25H,8,11-15H2,1H3. The minimum Gasteiger partial charge on any atom is -0.304 e. The van der Waals surface area contributed by atoms with Crippen molar-refractivity contribution in [3.8, 4) is 0 Å². The lowest BCUT2D eigenvalue weighted by atomic mass is 10.1. The molecule has 1 fully saturated rings. The van der Waals surface area contributed by atoms with Gasteiger partial charge >= 0.3 is 0 Å². The van der Waals surface area contributed by atoms with E-state index in [0.717, 1.165) is 49.8 Å². The molecule has 6 heteroatoms. The second-order valence-corrected chi connectivity index (χ2v) is 10.1. The van der Waals surface area contributed by atoms with Gasteiger partial charge in [-0.15, -0.1) is 0 Å². The van der Waals surface area contributed by atoms with Crippen molar-refractivity contribution in [1.82, 2.24) is 9.80 Å². The molecule has 1 atom stereocenters. The van der Waals surface area contributed by atoms with Gasteiger partial charge in [0.2, 0.25) is 0 Å². The molecule has 0 spiro atoms. The summed E-state index contributed by atoms with van der Waals surface area (Å²) in [4.78, 5) is 5.20. The summed E-state index contributed by atoms with van der Waals surface area (Å²) in [5.41, 5.74) is 3.26. The average Bonchev–Trinajstić information content (AvgIpc) is 3.17. The van der Waals surface area contributed by atoms with Gasteiger partial charge in [0.25, 0.3) is 10.0 Å². The molecule has 1 aliphatic carbocycles. The zero-order valence-electron chi connectivity index (χ0n) is 17.2. The van der Waals surface area contributed by atoms with E-state index in [4.69, 9.17) is 0 Å². The van der Waals surface area contributed by atoms with Crippen molar-refractivity contribution in [2.45, 2.75) is 23.8 Å². The second kappa shape index (κ2) is 7.69. The first kappa shape index (κ1) is 19.5. The number of likely N-dealkylation sites (N-methyl/N-ethyl adjacent to an activating group) is 1. The molecule has 0 aromatic heterocycles. The molecule has 30 heavy (non-hydrogen) atoms. The lowest BCUT2D eigenvalue weighted by Gasteiger charge is -2.36. The van der Waals surface area contributed by atoms with Crippen molar-refractivity contribution in [2.75, 3.05) is 37.9 Å². The first-order valence-corrected chi connectivity index (χ1v) is 12.0. The lowest BCUT2D eigenvalue weighted by molar-refractivity contribution is 0.111. The number of rotatable bonds is 4. The SMILES string of the molecule is CN1CCN(C2CCc3ccc(NS(=O)(=O)c4ccc5ccccc5c4)cc32)CC1. The number of fused-ring (bicyclic) bond motifs is 2. The topological polar surface area (TPSA) is 52.6 Å². The summed E-state index contributed by atoms with van der Waals surface area (Å²) >= 11 is 0. The van der Waals surface area contributed by atoms with Crippen LogP contribution in [-0.2, 0) is 16.4 Å². The number of anilines is 1. The van der Waals surface area contributed by atoms with Crippen LogP contribution < -0.4 is 4.72 Å². The average molecular weight is 422 g/mol. The Bertz CT molecular complexity index is 1180. The molecule has 0 bridgehead atoms. The van der Waals surface area contributed by atoms with Gasteiger partial charge < -0.3 is 4.90 Å². The van der Waals surface area contributed by atoms with Crippen molar-refractivity contribution >= 4 is 26.5 Å². The van der Waals surface area contributed by atoms with Crippen LogP contribution in [0.5, 0.6) is 0 Å². The van der Waals surface area contributed by atoms with E-state index in [1.54, 1.807) is 12.1 Å². The van der Waals surface area contributed by atoms with Crippen LogP contribution in [-0.4, -0.2) is 51.4 Å². The zero-order chi connectivity index (χ0) is 20.7. The fourth-order valence-corrected chi connectivity index (χ4v) is 5.79. The minimum absolute atomic E-state index is 0.289. The van der Waals surface area contributed by atoms with E-state index in [0.29, 0.717) is 11.7 Å². The van der Waals surface area contributed by atoms with Gasteiger partial charge in [0.1, 0.15) is 0 Å². The van der Waals surface area contributed by atoms with E-state index in [2.05, 4.69) is 27.6 Å². The van der Waals surface area contributed by atoms with Crippen LogP contribution in [0.4, 0.5) is 5.69 Å². The van der Waals surface area contributed by atoms with Gasteiger partial charge in [-0.25, -0.2) is 8.42 Å². The number of nitrogens with zero attached hydrogens (tertiary/aromatic N) is 2. The molecular formula is C24H27N3O2S. The van der Waals surface area contributed by atoms with Gasteiger partial charge in [0.05, 0.1) is 4.90 Å². The van der Waals surface area contributed by atoms with E-state index in [1.165, 1.54) is 11.1 Å². The maximum Gasteiger partial charge on any atom is 0.261 e. The number of piperazine rings is 1. The molecule has 5 nitrogen and oxygen atoms in total. The van der Waals surface area contributed by atoms with Crippen molar-refractivity contribution in [3.05, 3.63) is 71.8 Å². The van der Waals surface area contributed by atoms with Gasteiger partial charge in [-0.05, 0) is 66.1 Å². The molecule has 3 aromatic carbocycles. The number of sulfonamides is 1. The fourth-order valence-electron chi connectivity index (χ4n) is 4.71. The molecule has 1 heterocycles. The monoisotopic (exact) mass is 421 g/mol. The molecule has 1 N–H and O–H groups in total. The highest BCUT2D eigenvalue weighted by Gasteiger charge is 2.30. The van der Waals surface area contributed by atoms with E-state index in [1.807, 2.05) is 42.5 Å². The number of hydrogen-bond donors (Lipinski definition) is 1. The van der Waals surface area contributed by atoms with Crippen LogP contribution >= 0.6 is 0 Å². The zero-order valence-corrected chi connectivity index (χ0v) is 18.0. The molecule has 1 saturated heterocycles. The number of nitrogens with one attached hydrogen (secondary N) is 1. The fraction of sp³-hybridized carbons (Fsp3) is 0.333. The maximum absolute atomic E-state index is 13.0. The number of hydrogen-bond acceptors (Lipinski definition) is 4. The molecule has 2 aliphatic rings. The highest BCUT2D eigenvalue weighted by Crippen LogP contribution is 2.38. The Morgan fingerprint density at radius 1 is 0.900 bits per heavy atom. The molecule has 3 aromatic rings. The predicted octanol–water partition coefficient (Wildman–Crippen LogP) is 3.88. The largest absolute Gasteiger partial charge is 0.304 e. The Morgan fingerprint density at radius 2 is 1.67 bits per heavy atom. The quantitative estimate of drug-likeness (QED) is 0.695. The molecule has 1 unspecified atom stereocenters. The van der Waals surface area contributed by atoms with Crippen molar-refractivity contribution in [3.63, 3.8) is 0 Å². The highest BCUT2D eigenvalue weighted by molar-refractivity contribution is 7.92. The van der Waals surface area contributed by atoms with Gasteiger partial charge in [-0.2, -0.15) is 0 Å². The third-order valence-corrected chi connectivity index (χ3v) is 7.83. The Labute approximate surface area is 178 Å². The van der Waals surface area contributed by atoms with E-state index in [-0.39, 0.29) is 4.90 Å². The van der Waals surface area contributed by atoms with Gasteiger partial charge in [-0.3, -0.25) is 9.62 Å². The van der Waals surface area contributed by atoms with Crippen LogP contribution in [0.1, 0.15) is 23.6 Å². The summed E-state index contributed by atoms with van der Waals surface area (Å²) in [6.45, 7) is 4.29. The molecule has 1 aliphatic heterocycles. The van der Waals surface area contributed by atoms with Gasteiger partial charge in [0, 0.05) is 37.9 Å². The van der Waals surface area contributed by atoms with Crippen LogP contribution in [0.15, 0.2) is 65.6 Å². The van der Waals surface area contributed by atoms with E-state index in [9.17, 15) is 8.42 Å².